The predicted molar refractivity (Wildman–Crippen MR) is 84.7 cm³/mol. The highest BCUT2D eigenvalue weighted by atomic mass is 16.3. The second-order valence-electron chi connectivity index (χ2n) is 6.03. The second-order valence-corrected chi connectivity index (χ2v) is 6.03. The second kappa shape index (κ2) is 7.05. The first-order valence-corrected chi connectivity index (χ1v) is 7.70. The first kappa shape index (κ1) is 16.0. The summed E-state index contributed by atoms with van der Waals surface area (Å²) in [5.41, 5.74) is 2.94. The van der Waals surface area contributed by atoms with E-state index in [1.807, 2.05) is 26.0 Å². The molecule has 0 saturated carbocycles. The van der Waals surface area contributed by atoms with Crippen molar-refractivity contribution >= 4 is 5.78 Å². The van der Waals surface area contributed by atoms with Gasteiger partial charge in [0.05, 0.1) is 6.54 Å². The number of aryl methyl sites for hydroxylation is 1. The van der Waals surface area contributed by atoms with Gasteiger partial charge in [0.2, 0.25) is 0 Å². The molecule has 0 bridgehead atoms. The third-order valence-corrected chi connectivity index (χ3v) is 4.41. The van der Waals surface area contributed by atoms with Crippen LogP contribution in [-0.2, 0) is 6.54 Å². The van der Waals surface area contributed by atoms with Gasteiger partial charge in [-0.25, -0.2) is 0 Å². The lowest BCUT2D eigenvalue weighted by Crippen LogP contribution is -2.39. The maximum absolute atomic E-state index is 12.6. The first-order valence-electron chi connectivity index (χ1n) is 7.70. The molecule has 1 atom stereocenters. The SMILES string of the molecule is C=CCn1c(C)cc(C(=O)CN2CCCC(CO)C2)c1C. The average Bonchev–Trinajstić information content (AvgIpc) is 2.76. The monoisotopic (exact) mass is 290 g/mol. The Labute approximate surface area is 127 Å². The van der Waals surface area contributed by atoms with Gasteiger partial charge in [-0.05, 0) is 45.2 Å². The number of piperidine rings is 1. The Morgan fingerprint density at radius 3 is 2.95 bits per heavy atom. The molecule has 2 heterocycles. The molecule has 1 aromatic heterocycles. The van der Waals surface area contributed by atoms with Crippen LogP contribution in [0, 0.1) is 19.8 Å². The van der Waals surface area contributed by atoms with Crippen LogP contribution in [0.2, 0.25) is 0 Å². The van der Waals surface area contributed by atoms with E-state index in [1.165, 1.54) is 0 Å². The van der Waals surface area contributed by atoms with Crippen molar-refractivity contribution in [2.45, 2.75) is 33.2 Å². The fourth-order valence-corrected chi connectivity index (χ4v) is 3.23. The standard InChI is InChI=1S/C17H26N2O2/c1-4-7-19-13(2)9-16(14(19)3)17(21)11-18-8-5-6-15(10-18)12-20/h4,9,15,20H,1,5-8,10-12H2,2-3H3. The molecule has 0 radical (unpaired) electrons. The number of aliphatic hydroxyl groups excluding tert-OH is 1. The Balaban J connectivity index is 2.06. The number of aliphatic hydroxyl groups is 1. The highest BCUT2D eigenvalue weighted by molar-refractivity contribution is 5.99. The predicted octanol–water partition coefficient (Wildman–Crippen LogP) is 2.18. The Hall–Kier alpha value is -1.39. The van der Waals surface area contributed by atoms with E-state index in [9.17, 15) is 9.90 Å². The van der Waals surface area contributed by atoms with Crippen molar-refractivity contribution in [2.24, 2.45) is 5.92 Å². The fraction of sp³-hybridized carbons (Fsp3) is 0.588. The summed E-state index contributed by atoms with van der Waals surface area (Å²) < 4.78 is 2.12. The number of hydrogen-bond acceptors (Lipinski definition) is 3. The molecule has 0 spiro atoms. The summed E-state index contributed by atoms with van der Waals surface area (Å²) in [7, 11) is 0. The van der Waals surface area contributed by atoms with Crippen LogP contribution < -0.4 is 0 Å². The number of carbonyl (C=O) groups excluding carboxylic acids is 1. The maximum Gasteiger partial charge on any atom is 0.178 e. The number of carbonyl (C=O) groups is 1. The summed E-state index contributed by atoms with van der Waals surface area (Å²) in [5, 5.41) is 9.28. The molecular weight excluding hydrogens is 264 g/mol. The van der Waals surface area contributed by atoms with Gasteiger partial charge in [-0.3, -0.25) is 9.69 Å². The van der Waals surface area contributed by atoms with E-state index in [2.05, 4.69) is 16.0 Å². The summed E-state index contributed by atoms with van der Waals surface area (Å²) in [6, 6.07) is 1.98. The zero-order valence-electron chi connectivity index (χ0n) is 13.1. The lowest BCUT2D eigenvalue weighted by molar-refractivity contribution is 0.0833. The van der Waals surface area contributed by atoms with Crippen molar-refractivity contribution in [2.75, 3.05) is 26.2 Å². The van der Waals surface area contributed by atoms with Gasteiger partial charge in [-0.2, -0.15) is 0 Å². The van der Waals surface area contributed by atoms with Crippen LogP contribution in [0.1, 0.15) is 34.6 Å². The van der Waals surface area contributed by atoms with Crippen LogP contribution >= 0.6 is 0 Å². The Morgan fingerprint density at radius 2 is 2.29 bits per heavy atom. The zero-order valence-corrected chi connectivity index (χ0v) is 13.1. The van der Waals surface area contributed by atoms with E-state index < -0.39 is 0 Å². The van der Waals surface area contributed by atoms with E-state index >= 15 is 0 Å². The summed E-state index contributed by atoms with van der Waals surface area (Å²) in [4.78, 5) is 14.7. The van der Waals surface area contributed by atoms with Crippen LogP contribution in [0.4, 0.5) is 0 Å². The largest absolute Gasteiger partial charge is 0.396 e. The topological polar surface area (TPSA) is 45.5 Å². The van der Waals surface area contributed by atoms with Gasteiger partial charge in [-0.1, -0.05) is 6.08 Å². The third kappa shape index (κ3) is 3.63. The van der Waals surface area contributed by atoms with Gasteiger partial charge in [0.25, 0.3) is 0 Å². The van der Waals surface area contributed by atoms with Crippen LogP contribution in [-0.4, -0.2) is 46.6 Å². The molecule has 2 rings (SSSR count). The molecule has 1 aliphatic rings. The van der Waals surface area contributed by atoms with Crippen molar-refractivity contribution in [3.8, 4) is 0 Å². The number of allylic oxidation sites excluding steroid dienone is 1. The summed E-state index contributed by atoms with van der Waals surface area (Å²) in [6.07, 6.45) is 3.98. The molecule has 0 amide bonds. The fourth-order valence-electron chi connectivity index (χ4n) is 3.23. The van der Waals surface area contributed by atoms with Gasteiger partial charge in [0.1, 0.15) is 0 Å². The van der Waals surface area contributed by atoms with E-state index in [0.29, 0.717) is 12.5 Å². The molecular formula is C17H26N2O2. The molecule has 1 saturated heterocycles. The number of ketones is 1. The molecule has 21 heavy (non-hydrogen) atoms. The molecule has 0 aliphatic carbocycles. The summed E-state index contributed by atoms with van der Waals surface area (Å²) >= 11 is 0. The van der Waals surface area contributed by atoms with Gasteiger partial charge in [-0.15, -0.1) is 6.58 Å². The summed E-state index contributed by atoms with van der Waals surface area (Å²) in [6.45, 7) is 11.0. The lowest BCUT2D eigenvalue weighted by atomic mass is 9.98. The lowest BCUT2D eigenvalue weighted by Gasteiger charge is -2.31. The molecule has 116 valence electrons. The number of aromatic nitrogens is 1. The number of hydrogen-bond donors (Lipinski definition) is 1. The molecule has 0 aromatic carbocycles. The Kier molecular flexibility index (Phi) is 5.37. The van der Waals surface area contributed by atoms with Gasteiger partial charge in [0, 0.05) is 36.6 Å². The number of Topliss-reactive ketones (excluding diaryl/α,β-unsaturated/α-hetero) is 1. The third-order valence-electron chi connectivity index (χ3n) is 4.41. The molecule has 1 N–H and O–H groups in total. The van der Waals surface area contributed by atoms with Crippen LogP contribution in [0.25, 0.3) is 0 Å². The molecule has 1 unspecified atom stereocenters. The number of nitrogens with zero attached hydrogens (tertiary/aromatic N) is 2. The van der Waals surface area contributed by atoms with Crippen molar-refractivity contribution in [3.63, 3.8) is 0 Å². The normalized spacial score (nSPS) is 19.7. The molecule has 4 heteroatoms. The smallest absolute Gasteiger partial charge is 0.178 e. The summed E-state index contributed by atoms with van der Waals surface area (Å²) in [5.74, 6) is 0.497. The van der Waals surface area contributed by atoms with Crippen molar-refractivity contribution in [1.29, 1.82) is 0 Å². The minimum absolute atomic E-state index is 0.178. The van der Waals surface area contributed by atoms with Crippen molar-refractivity contribution in [1.82, 2.24) is 9.47 Å². The van der Waals surface area contributed by atoms with E-state index in [-0.39, 0.29) is 12.4 Å². The van der Waals surface area contributed by atoms with Crippen LogP contribution in [0.15, 0.2) is 18.7 Å². The molecule has 4 nitrogen and oxygen atoms in total. The van der Waals surface area contributed by atoms with Crippen molar-refractivity contribution < 1.29 is 9.90 Å². The average molecular weight is 290 g/mol. The zero-order chi connectivity index (χ0) is 15.4. The van der Waals surface area contributed by atoms with Gasteiger partial charge >= 0.3 is 0 Å². The Morgan fingerprint density at radius 1 is 1.52 bits per heavy atom. The minimum Gasteiger partial charge on any atom is -0.396 e. The number of likely N-dealkylation sites (tertiary alicyclic amines) is 1. The highest BCUT2D eigenvalue weighted by Crippen LogP contribution is 2.19. The van der Waals surface area contributed by atoms with Crippen molar-refractivity contribution in [3.05, 3.63) is 35.7 Å². The minimum atomic E-state index is 0.178. The number of rotatable bonds is 6. The molecule has 1 aromatic rings. The van der Waals surface area contributed by atoms with E-state index in [1.54, 1.807) is 0 Å². The molecule has 1 aliphatic heterocycles. The van der Waals surface area contributed by atoms with E-state index in [4.69, 9.17) is 0 Å². The quantitative estimate of drug-likeness (QED) is 0.645. The first-order chi connectivity index (χ1) is 10.1. The molecule has 1 fully saturated rings. The van der Waals surface area contributed by atoms with Crippen LogP contribution in [0.3, 0.4) is 0 Å². The highest BCUT2D eigenvalue weighted by Gasteiger charge is 2.23. The Bertz CT molecular complexity index is 519. The maximum atomic E-state index is 12.6. The van der Waals surface area contributed by atoms with Gasteiger partial charge in [0.15, 0.2) is 5.78 Å². The van der Waals surface area contributed by atoms with E-state index in [0.717, 1.165) is 49.4 Å². The van der Waals surface area contributed by atoms with Gasteiger partial charge < -0.3 is 9.67 Å². The van der Waals surface area contributed by atoms with Crippen LogP contribution in [0.5, 0.6) is 0 Å².